The molecule has 8 rings (SSSR count). The molecule has 0 saturated carbocycles. The molecule has 0 spiro atoms. The Morgan fingerprint density at radius 1 is 1.00 bits per heavy atom. The predicted octanol–water partition coefficient (Wildman–Crippen LogP) is 3.76. The number of nitrogens with zero attached hydrogens (tertiary/aromatic N) is 6. The average molecular weight is 709 g/mol. The van der Waals surface area contributed by atoms with E-state index in [1.165, 1.54) is 4.90 Å². The Labute approximate surface area is 304 Å². The highest BCUT2D eigenvalue weighted by atomic mass is 16.2. The van der Waals surface area contributed by atoms with Crippen molar-refractivity contribution in [3.8, 4) is 16.9 Å². The summed E-state index contributed by atoms with van der Waals surface area (Å²) in [5.41, 5.74) is 7.75. The van der Waals surface area contributed by atoms with Gasteiger partial charge in [-0.05, 0) is 59.7 Å². The van der Waals surface area contributed by atoms with Crippen LogP contribution in [0.25, 0.3) is 33.8 Å². The highest BCUT2D eigenvalue weighted by molar-refractivity contribution is 6.06. The number of benzene rings is 2. The van der Waals surface area contributed by atoms with E-state index in [-0.39, 0.29) is 48.8 Å². The summed E-state index contributed by atoms with van der Waals surface area (Å²) in [6.45, 7) is 3.05. The van der Waals surface area contributed by atoms with Crippen LogP contribution in [0, 0.1) is 0 Å². The summed E-state index contributed by atoms with van der Waals surface area (Å²) in [6.07, 6.45) is 8.69. The third kappa shape index (κ3) is 6.13. The van der Waals surface area contributed by atoms with Gasteiger partial charge in [-0.2, -0.15) is 5.10 Å². The summed E-state index contributed by atoms with van der Waals surface area (Å²) in [5, 5.41) is 12.0. The molecule has 13 nitrogen and oxygen atoms in total. The quantitative estimate of drug-likeness (QED) is 0.231. The van der Waals surface area contributed by atoms with Crippen LogP contribution in [-0.2, 0) is 40.3 Å². The summed E-state index contributed by atoms with van der Waals surface area (Å²) < 4.78 is 1.95. The molecule has 1 saturated heterocycles. The Kier molecular flexibility index (Phi) is 8.61. The zero-order chi connectivity index (χ0) is 36.8. The number of imide groups is 1. The number of hydrogen-bond acceptors (Lipinski definition) is 8. The number of carbonyl (C=O) groups is 5. The standard InChI is InChI=1S/C40H36N8O5/c1-3-30-27-18-37(50)46(2)22-35(27)48(45-30)33-11-5-8-24-17-32(43-20-28(24)33)25-12-13-31(42-19-25)38(51)41-16-6-9-23-7-4-10-26-29(23)21-47(40(26)53)34-14-15-36(49)44-39(34)52/h4-13,17,19-20,34H,3,14-16,18,21-22H2,1-2H3,(H,41,51)(H,44,49,52)/b9-6+. The Hall–Kier alpha value is -6.50. The van der Waals surface area contributed by atoms with Crippen molar-refractivity contribution >= 4 is 46.4 Å². The smallest absolute Gasteiger partial charge is 0.270 e. The second kappa shape index (κ2) is 13.6. The second-order valence-electron chi connectivity index (χ2n) is 13.4. The summed E-state index contributed by atoms with van der Waals surface area (Å²) in [7, 11) is 1.81. The molecule has 5 amide bonds. The molecule has 0 aliphatic carbocycles. The first kappa shape index (κ1) is 33.6. The van der Waals surface area contributed by atoms with Gasteiger partial charge >= 0.3 is 0 Å². The molecule has 3 aromatic heterocycles. The Balaban J connectivity index is 0.933. The Bertz CT molecular complexity index is 2380. The first-order valence-corrected chi connectivity index (χ1v) is 17.6. The third-order valence-electron chi connectivity index (χ3n) is 10.2. The Morgan fingerprint density at radius 2 is 1.85 bits per heavy atom. The Morgan fingerprint density at radius 3 is 2.64 bits per heavy atom. The fourth-order valence-corrected chi connectivity index (χ4v) is 7.36. The summed E-state index contributed by atoms with van der Waals surface area (Å²) in [4.78, 5) is 74.9. The van der Waals surface area contributed by atoms with Crippen molar-refractivity contribution in [2.45, 2.75) is 51.7 Å². The van der Waals surface area contributed by atoms with Gasteiger partial charge in [-0.25, -0.2) is 4.68 Å². The maximum absolute atomic E-state index is 13.1. The lowest BCUT2D eigenvalue weighted by molar-refractivity contribution is -0.137. The topological polar surface area (TPSA) is 159 Å². The minimum absolute atomic E-state index is 0.0956. The molecule has 1 unspecified atom stereocenters. The number of fused-ring (bicyclic) bond motifs is 3. The molecule has 3 aliphatic rings. The van der Waals surface area contributed by atoms with Crippen molar-refractivity contribution in [3.63, 3.8) is 0 Å². The summed E-state index contributed by atoms with van der Waals surface area (Å²) >= 11 is 0. The molecule has 6 heterocycles. The van der Waals surface area contributed by atoms with E-state index in [0.29, 0.717) is 30.6 Å². The van der Waals surface area contributed by atoms with Crippen molar-refractivity contribution in [1.82, 2.24) is 40.2 Å². The molecule has 1 fully saturated rings. The highest BCUT2D eigenvalue weighted by Crippen LogP contribution is 2.32. The van der Waals surface area contributed by atoms with E-state index in [4.69, 9.17) is 10.1 Å². The fourth-order valence-electron chi connectivity index (χ4n) is 7.36. The summed E-state index contributed by atoms with van der Waals surface area (Å²) in [5.74, 6) is -1.25. The second-order valence-corrected chi connectivity index (χ2v) is 13.4. The number of pyridine rings is 2. The molecule has 13 heteroatoms. The first-order valence-electron chi connectivity index (χ1n) is 17.6. The van der Waals surface area contributed by atoms with Gasteiger partial charge in [0.1, 0.15) is 11.7 Å². The fraction of sp³-hybridized carbons (Fsp3) is 0.250. The van der Waals surface area contributed by atoms with Crippen LogP contribution in [0.3, 0.4) is 0 Å². The van der Waals surface area contributed by atoms with E-state index in [1.807, 2.05) is 60.4 Å². The number of hydrogen-bond donors (Lipinski definition) is 2. The van der Waals surface area contributed by atoms with Crippen LogP contribution in [0.4, 0.5) is 0 Å². The first-order chi connectivity index (χ1) is 25.7. The molecule has 266 valence electrons. The van der Waals surface area contributed by atoms with Crippen molar-refractivity contribution in [1.29, 1.82) is 0 Å². The van der Waals surface area contributed by atoms with Crippen LogP contribution in [0.15, 0.2) is 73.1 Å². The SMILES string of the molecule is CCc1nn(-c2cccc3cc(-c4ccc(C(=O)NC/C=C/c5cccc6c5CN(C5CCC(=O)NC5=O)C6=O)nc4)ncc23)c2c1CC(=O)N(C)C2. The molecule has 1 atom stereocenters. The van der Waals surface area contributed by atoms with Crippen LogP contribution in [0.5, 0.6) is 0 Å². The molecule has 0 radical (unpaired) electrons. The van der Waals surface area contributed by atoms with Gasteiger partial charge < -0.3 is 15.1 Å². The van der Waals surface area contributed by atoms with E-state index in [2.05, 4.69) is 22.5 Å². The van der Waals surface area contributed by atoms with Crippen molar-refractivity contribution in [2.24, 2.45) is 0 Å². The monoisotopic (exact) mass is 708 g/mol. The average Bonchev–Trinajstić information content (AvgIpc) is 3.69. The van der Waals surface area contributed by atoms with Gasteiger partial charge in [0.15, 0.2) is 0 Å². The maximum atomic E-state index is 13.1. The normalized spacial score (nSPS) is 17.1. The van der Waals surface area contributed by atoms with Gasteiger partial charge in [0.25, 0.3) is 11.8 Å². The number of nitrogens with one attached hydrogen (secondary N) is 2. The number of aromatic nitrogens is 4. The van der Waals surface area contributed by atoms with E-state index in [9.17, 15) is 24.0 Å². The molecular formula is C40H36N8O5. The summed E-state index contributed by atoms with van der Waals surface area (Å²) in [6, 6.07) is 16.2. The van der Waals surface area contributed by atoms with E-state index in [1.54, 1.807) is 35.4 Å². The number of carbonyl (C=O) groups excluding carboxylic acids is 5. The van der Waals surface area contributed by atoms with Gasteiger partial charge in [-0.1, -0.05) is 43.3 Å². The molecule has 2 N–H and O–H groups in total. The van der Waals surface area contributed by atoms with Gasteiger partial charge in [-0.15, -0.1) is 0 Å². The van der Waals surface area contributed by atoms with Gasteiger partial charge in [-0.3, -0.25) is 39.3 Å². The van der Waals surface area contributed by atoms with Crippen LogP contribution < -0.4 is 10.6 Å². The lowest BCUT2D eigenvalue weighted by atomic mass is 10.0. The zero-order valence-corrected chi connectivity index (χ0v) is 29.3. The van der Waals surface area contributed by atoms with Gasteiger partial charge in [0.05, 0.1) is 35.7 Å². The van der Waals surface area contributed by atoms with Crippen LogP contribution in [0.2, 0.25) is 0 Å². The van der Waals surface area contributed by atoms with Crippen LogP contribution in [-0.4, -0.2) is 78.7 Å². The minimum Gasteiger partial charge on any atom is -0.347 e. The lowest BCUT2D eigenvalue weighted by Crippen LogP contribution is -2.52. The highest BCUT2D eigenvalue weighted by Gasteiger charge is 2.39. The number of likely N-dealkylation sites (N-methyl/N-ethyl adjacent to an activating group) is 1. The largest absolute Gasteiger partial charge is 0.347 e. The molecular weight excluding hydrogens is 672 g/mol. The third-order valence-corrected chi connectivity index (χ3v) is 10.2. The molecule has 5 aromatic rings. The molecule has 0 bridgehead atoms. The van der Waals surface area contributed by atoms with E-state index < -0.39 is 11.9 Å². The van der Waals surface area contributed by atoms with Gasteiger partial charge in [0.2, 0.25) is 17.7 Å². The van der Waals surface area contributed by atoms with Crippen molar-refractivity contribution < 1.29 is 24.0 Å². The van der Waals surface area contributed by atoms with Gasteiger partial charge in [0, 0.05) is 61.0 Å². The number of amides is 5. The van der Waals surface area contributed by atoms with Crippen LogP contribution in [0.1, 0.15) is 68.7 Å². The molecule has 53 heavy (non-hydrogen) atoms. The number of piperidine rings is 1. The zero-order valence-electron chi connectivity index (χ0n) is 29.3. The molecule has 3 aliphatic heterocycles. The lowest BCUT2D eigenvalue weighted by Gasteiger charge is -2.29. The maximum Gasteiger partial charge on any atom is 0.270 e. The molecule has 2 aromatic carbocycles. The van der Waals surface area contributed by atoms with E-state index >= 15 is 0 Å². The number of rotatable bonds is 8. The van der Waals surface area contributed by atoms with Crippen molar-refractivity contribution in [2.75, 3.05) is 13.6 Å². The predicted molar refractivity (Wildman–Crippen MR) is 196 cm³/mol. The van der Waals surface area contributed by atoms with Crippen molar-refractivity contribution in [3.05, 3.63) is 112 Å². The number of aryl methyl sites for hydroxylation is 1. The van der Waals surface area contributed by atoms with E-state index in [0.717, 1.165) is 56.5 Å². The van der Waals surface area contributed by atoms with Crippen LogP contribution >= 0.6 is 0 Å². The minimum atomic E-state index is -0.683.